The summed E-state index contributed by atoms with van der Waals surface area (Å²) >= 11 is 0. The predicted molar refractivity (Wildman–Crippen MR) is 87.7 cm³/mol. The monoisotopic (exact) mass is 316 g/mol. The maximum absolute atomic E-state index is 10.0. The lowest BCUT2D eigenvalue weighted by Gasteiger charge is -2.41. The van der Waals surface area contributed by atoms with Crippen molar-refractivity contribution in [1.29, 1.82) is 0 Å². The van der Waals surface area contributed by atoms with Crippen LogP contribution in [-0.4, -0.2) is 45.1 Å². The normalized spacial score (nSPS) is 26.9. The third-order valence-electron chi connectivity index (χ3n) is 5.57. The maximum atomic E-state index is 10.0. The van der Waals surface area contributed by atoms with Gasteiger partial charge in [-0.1, -0.05) is 13.3 Å². The Morgan fingerprint density at radius 1 is 1.43 bits per heavy atom. The van der Waals surface area contributed by atoms with Crippen LogP contribution in [0, 0.1) is 0 Å². The van der Waals surface area contributed by atoms with Gasteiger partial charge < -0.3 is 15.2 Å². The third kappa shape index (κ3) is 2.50. The number of nitrogens with zero attached hydrogens (tertiary/aromatic N) is 3. The summed E-state index contributed by atoms with van der Waals surface area (Å²) in [5.41, 5.74) is 2.59. The highest BCUT2D eigenvalue weighted by Crippen LogP contribution is 2.46. The first-order valence-corrected chi connectivity index (χ1v) is 8.59. The minimum absolute atomic E-state index is 0.0518. The summed E-state index contributed by atoms with van der Waals surface area (Å²) in [6, 6.07) is 4.24. The summed E-state index contributed by atoms with van der Waals surface area (Å²) < 4.78 is 7.30. The van der Waals surface area contributed by atoms with E-state index in [-0.39, 0.29) is 11.5 Å². The van der Waals surface area contributed by atoms with Crippen molar-refractivity contribution in [3.05, 3.63) is 24.0 Å². The van der Waals surface area contributed by atoms with Gasteiger partial charge in [-0.3, -0.25) is 0 Å². The topological polar surface area (TPSA) is 71.7 Å². The number of anilines is 1. The van der Waals surface area contributed by atoms with E-state index < -0.39 is 6.10 Å². The molecule has 0 spiro atoms. The van der Waals surface area contributed by atoms with E-state index in [2.05, 4.69) is 29.4 Å². The van der Waals surface area contributed by atoms with Crippen LogP contribution in [0.1, 0.15) is 44.7 Å². The first kappa shape index (κ1) is 14.9. The van der Waals surface area contributed by atoms with Gasteiger partial charge in [-0.15, -0.1) is 5.10 Å². The molecule has 2 aromatic heterocycles. The molecule has 1 aliphatic carbocycles. The molecule has 0 bridgehead atoms. The second kappa shape index (κ2) is 5.76. The van der Waals surface area contributed by atoms with Gasteiger partial charge in [-0.25, -0.2) is 9.50 Å². The summed E-state index contributed by atoms with van der Waals surface area (Å²) in [7, 11) is 0. The number of hydrogen-bond donors (Lipinski definition) is 2. The third-order valence-corrected chi connectivity index (χ3v) is 5.57. The van der Waals surface area contributed by atoms with Crippen LogP contribution < -0.4 is 5.32 Å². The Labute approximate surface area is 135 Å². The highest BCUT2D eigenvalue weighted by atomic mass is 16.5. The Kier molecular flexibility index (Phi) is 3.73. The lowest BCUT2D eigenvalue weighted by atomic mass is 9.65. The summed E-state index contributed by atoms with van der Waals surface area (Å²) in [5.74, 6) is 0.575. The zero-order valence-electron chi connectivity index (χ0n) is 13.5. The average molecular weight is 316 g/mol. The smallest absolute Gasteiger partial charge is 0.241 e. The lowest BCUT2D eigenvalue weighted by Crippen LogP contribution is -2.42. The van der Waals surface area contributed by atoms with Gasteiger partial charge in [-0.05, 0) is 37.8 Å². The van der Waals surface area contributed by atoms with Crippen LogP contribution in [0.25, 0.3) is 5.52 Å². The summed E-state index contributed by atoms with van der Waals surface area (Å²) in [4.78, 5) is 4.41. The number of aliphatic hydroxyl groups is 1. The Morgan fingerprint density at radius 3 is 3.00 bits per heavy atom. The molecule has 2 fully saturated rings. The van der Waals surface area contributed by atoms with Crippen molar-refractivity contribution in [2.45, 2.75) is 56.6 Å². The number of aliphatic hydroxyl groups excluding tert-OH is 1. The molecule has 0 amide bonds. The lowest BCUT2D eigenvalue weighted by molar-refractivity contribution is -0.0136. The summed E-state index contributed by atoms with van der Waals surface area (Å²) in [6.07, 6.45) is 7.02. The zero-order chi connectivity index (χ0) is 15.9. The van der Waals surface area contributed by atoms with Crippen molar-refractivity contribution in [2.75, 3.05) is 18.5 Å². The predicted octanol–water partition coefficient (Wildman–Crippen LogP) is 2.12. The van der Waals surface area contributed by atoms with E-state index in [4.69, 9.17) is 9.84 Å². The minimum atomic E-state index is -0.513. The van der Waals surface area contributed by atoms with Crippen LogP contribution in [0.2, 0.25) is 0 Å². The molecular weight excluding hydrogens is 292 g/mol. The Morgan fingerprint density at radius 2 is 2.30 bits per heavy atom. The zero-order valence-corrected chi connectivity index (χ0v) is 13.5. The fourth-order valence-electron chi connectivity index (χ4n) is 3.82. The van der Waals surface area contributed by atoms with Crippen LogP contribution in [0.15, 0.2) is 18.3 Å². The average Bonchev–Trinajstić information content (AvgIpc) is 2.93. The standard InChI is InChI=1S/C17H24N4O2/c1-2-17(7-3-8-17)15-5-4-12-10-18-16(20-21(12)15)19-13-6-9-23-11-14(13)22/h4-5,10,13-14,22H,2-3,6-9,11H2,1H3,(H,19,20)/t13-,14-/m1/s1. The fourth-order valence-corrected chi connectivity index (χ4v) is 3.82. The number of rotatable bonds is 4. The van der Waals surface area contributed by atoms with Crippen molar-refractivity contribution in [3.8, 4) is 0 Å². The van der Waals surface area contributed by atoms with Crippen molar-refractivity contribution in [2.24, 2.45) is 0 Å². The van der Waals surface area contributed by atoms with E-state index in [1.807, 2.05) is 10.7 Å². The van der Waals surface area contributed by atoms with Crippen LogP contribution in [0.3, 0.4) is 0 Å². The van der Waals surface area contributed by atoms with Gasteiger partial charge in [0.25, 0.3) is 0 Å². The number of fused-ring (bicyclic) bond motifs is 1. The number of nitrogens with one attached hydrogen (secondary N) is 1. The summed E-state index contributed by atoms with van der Waals surface area (Å²) in [5, 5.41) is 18.0. The molecule has 4 rings (SSSR count). The van der Waals surface area contributed by atoms with E-state index in [9.17, 15) is 5.11 Å². The fraction of sp³-hybridized carbons (Fsp3) is 0.647. The molecule has 124 valence electrons. The molecule has 6 nitrogen and oxygen atoms in total. The van der Waals surface area contributed by atoms with Crippen LogP contribution >= 0.6 is 0 Å². The highest BCUT2D eigenvalue weighted by Gasteiger charge is 2.39. The van der Waals surface area contributed by atoms with Gasteiger partial charge in [0.05, 0.1) is 30.5 Å². The quantitative estimate of drug-likeness (QED) is 0.904. The van der Waals surface area contributed by atoms with E-state index in [1.54, 1.807) is 0 Å². The largest absolute Gasteiger partial charge is 0.389 e. The van der Waals surface area contributed by atoms with E-state index in [0.29, 0.717) is 19.2 Å². The molecule has 1 saturated carbocycles. The Hall–Kier alpha value is -1.66. The molecule has 2 atom stereocenters. The van der Waals surface area contributed by atoms with Gasteiger partial charge in [0.2, 0.25) is 5.95 Å². The first-order valence-electron chi connectivity index (χ1n) is 8.59. The molecule has 2 aromatic rings. The minimum Gasteiger partial charge on any atom is -0.389 e. The maximum Gasteiger partial charge on any atom is 0.241 e. The van der Waals surface area contributed by atoms with Gasteiger partial charge >= 0.3 is 0 Å². The SMILES string of the molecule is CCC1(c2ccc3cnc(N[C@@H]4CCOC[C@H]4O)nn23)CCC1. The molecule has 23 heavy (non-hydrogen) atoms. The molecule has 2 aliphatic rings. The van der Waals surface area contributed by atoms with Crippen LogP contribution in [0.5, 0.6) is 0 Å². The molecule has 0 aromatic carbocycles. The number of aromatic nitrogens is 3. The van der Waals surface area contributed by atoms with Crippen LogP contribution in [0.4, 0.5) is 5.95 Å². The van der Waals surface area contributed by atoms with Gasteiger partial charge in [0.15, 0.2) is 0 Å². The molecule has 1 aliphatic heterocycles. The molecule has 0 unspecified atom stereocenters. The van der Waals surface area contributed by atoms with E-state index >= 15 is 0 Å². The Bertz CT molecular complexity index is 689. The molecule has 3 heterocycles. The van der Waals surface area contributed by atoms with Crippen molar-refractivity contribution >= 4 is 11.5 Å². The van der Waals surface area contributed by atoms with Crippen LogP contribution in [-0.2, 0) is 10.2 Å². The molecule has 0 radical (unpaired) electrons. The molecule has 1 saturated heterocycles. The molecule has 2 N–H and O–H groups in total. The van der Waals surface area contributed by atoms with Gasteiger partial charge in [0.1, 0.15) is 0 Å². The van der Waals surface area contributed by atoms with E-state index in [0.717, 1.165) is 18.4 Å². The molecule has 6 heteroatoms. The number of hydrogen-bond acceptors (Lipinski definition) is 5. The van der Waals surface area contributed by atoms with Crippen molar-refractivity contribution < 1.29 is 9.84 Å². The number of ether oxygens (including phenoxy) is 1. The summed E-state index contributed by atoms with van der Waals surface area (Å²) in [6.45, 7) is 3.29. The first-order chi connectivity index (χ1) is 11.2. The highest BCUT2D eigenvalue weighted by molar-refractivity contribution is 5.50. The van der Waals surface area contributed by atoms with Gasteiger partial charge in [-0.2, -0.15) is 0 Å². The van der Waals surface area contributed by atoms with Crippen molar-refractivity contribution in [3.63, 3.8) is 0 Å². The van der Waals surface area contributed by atoms with Gasteiger partial charge in [0, 0.05) is 17.7 Å². The van der Waals surface area contributed by atoms with Crippen molar-refractivity contribution in [1.82, 2.24) is 14.6 Å². The Balaban J connectivity index is 1.64. The molecular formula is C17H24N4O2. The second-order valence-corrected chi connectivity index (χ2v) is 6.81. The van der Waals surface area contributed by atoms with E-state index in [1.165, 1.54) is 25.0 Å². The second-order valence-electron chi connectivity index (χ2n) is 6.81.